The molecule has 6 nitrogen and oxygen atoms in total. The fourth-order valence-electron chi connectivity index (χ4n) is 0.695. The Kier molecular flexibility index (Phi) is 3.65. The van der Waals surface area contributed by atoms with Crippen LogP contribution in [-0.4, -0.2) is 33.0 Å². The second-order valence-corrected chi connectivity index (χ2v) is 3.47. The summed E-state index contributed by atoms with van der Waals surface area (Å²) in [5.74, 6) is -2.25. The number of halogens is 3. The van der Waals surface area contributed by atoms with Crippen molar-refractivity contribution in [2.75, 3.05) is 11.9 Å². The van der Waals surface area contributed by atoms with Crippen molar-refractivity contribution in [1.29, 1.82) is 0 Å². The molecule has 1 aromatic heterocycles. The molecule has 0 radical (unpaired) electrons. The average Bonchev–Trinajstić information content (AvgIpc) is 2.61. The summed E-state index contributed by atoms with van der Waals surface area (Å²) >= 11 is 0.475. The summed E-state index contributed by atoms with van der Waals surface area (Å²) in [5.41, 5.74) is 4.73. The van der Waals surface area contributed by atoms with E-state index in [4.69, 9.17) is 10.8 Å². The van der Waals surface area contributed by atoms with Crippen LogP contribution in [0, 0.1) is 0 Å². The lowest BCUT2D eigenvalue weighted by molar-refractivity contribution is -0.144. The van der Waals surface area contributed by atoms with E-state index in [-0.39, 0.29) is 11.7 Å². The predicted molar refractivity (Wildman–Crippen MR) is 48.6 cm³/mol. The van der Waals surface area contributed by atoms with Gasteiger partial charge in [0.05, 0.1) is 6.54 Å². The smallest absolute Gasteiger partial charge is 0.381 e. The number of amides is 1. The van der Waals surface area contributed by atoms with Crippen LogP contribution in [0.25, 0.3) is 0 Å². The molecule has 0 aliphatic heterocycles. The quantitative estimate of drug-likeness (QED) is 0.693. The lowest BCUT2D eigenvalue weighted by Gasteiger charge is -2.05. The zero-order valence-electron chi connectivity index (χ0n) is 7.65. The minimum atomic E-state index is -4.61. The molecule has 1 aromatic rings. The number of nitrogens with zero attached hydrogens (tertiary/aromatic N) is 2. The van der Waals surface area contributed by atoms with Crippen molar-refractivity contribution < 1.29 is 23.1 Å². The van der Waals surface area contributed by atoms with E-state index in [2.05, 4.69) is 14.7 Å². The van der Waals surface area contributed by atoms with E-state index in [0.717, 1.165) is 0 Å². The summed E-state index contributed by atoms with van der Waals surface area (Å²) < 4.78 is 39.2. The summed E-state index contributed by atoms with van der Waals surface area (Å²) in [4.78, 5) is 13.5. The first-order valence-corrected chi connectivity index (χ1v) is 4.70. The number of aliphatic hydroxyl groups is 1. The van der Waals surface area contributed by atoms with Gasteiger partial charge >= 0.3 is 6.18 Å². The van der Waals surface area contributed by atoms with Crippen molar-refractivity contribution in [3.8, 4) is 0 Å². The van der Waals surface area contributed by atoms with Crippen LogP contribution in [0.5, 0.6) is 0 Å². The van der Waals surface area contributed by atoms with Crippen LogP contribution in [0.1, 0.15) is 5.82 Å². The molecule has 0 aliphatic carbocycles. The topological polar surface area (TPSA) is 101 Å². The maximum absolute atomic E-state index is 12.1. The zero-order chi connectivity index (χ0) is 12.3. The van der Waals surface area contributed by atoms with Crippen molar-refractivity contribution in [2.45, 2.75) is 12.3 Å². The molecule has 0 aromatic carbocycles. The van der Waals surface area contributed by atoms with Crippen LogP contribution in [0.2, 0.25) is 0 Å². The van der Waals surface area contributed by atoms with Crippen molar-refractivity contribution in [2.24, 2.45) is 5.73 Å². The largest absolute Gasteiger partial charge is 0.452 e. The van der Waals surface area contributed by atoms with E-state index in [1.54, 1.807) is 0 Å². The summed E-state index contributed by atoms with van der Waals surface area (Å²) in [6.45, 7) is -0.318. The standard InChI is InChI=1S/C6H7F3N4O2S/c7-6(8,9)4-12-5(16-13-4)11-1-2(14)3(10)15/h2,14H,1H2,(H2,10,15)(H,11,12,13). The highest BCUT2D eigenvalue weighted by Crippen LogP contribution is 2.28. The van der Waals surface area contributed by atoms with Gasteiger partial charge in [-0.1, -0.05) is 0 Å². The first-order valence-electron chi connectivity index (χ1n) is 3.93. The van der Waals surface area contributed by atoms with E-state index in [0.29, 0.717) is 11.5 Å². The second-order valence-electron chi connectivity index (χ2n) is 2.72. The van der Waals surface area contributed by atoms with Gasteiger partial charge in [-0.3, -0.25) is 4.79 Å². The van der Waals surface area contributed by atoms with Gasteiger partial charge in [-0.15, -0.1) is 0 Å². The van der Waals surface area contributed by atoms with Gasteiger partial charge in [0.1, 0.15) is 6.10 Å². The van der Waals surface area contributed by atoms with E-state index in [1.165, 1.54) is 0 Å². The first-order chi connectivity index (χ1) is 7.30. The molecule has 1 amide bonds. The van der Waals surface area contributed by atoms with Crippen LogP contribution in [-0.2, 0) is 11.0 Å². The number of anilines is 1. The van der Waals surface area contributed by atoms with Gasteiger partial charge in [-0.2, -0.15) is 22.5 Å². The van der Waals surface area contributed by atoms with Crippen molar-refractivity contribution in [3.63, 3.8) is 0 Å². The minimum Gasteiger partial charge on any atom is -0.381 e. The molecule has 90 valence electrons. The fourth-order valence-corrected chi connectivity index (χ4v) is 1.29. The molecule has 10 heteroatoms. The Morgan fingerprint density at radius 1 is 1.62 bits per heavy atom. The number of hydrogen-bond donors (Lipinski definition) is 3. The highest BCUT2D eigenvalue weighted by molar-refractivity contribution is 7.09. The Balaban J connectivity index is 2.57. The molecule has 0 saturated carbocycles. The van der Waals surface area contributed by atoms with Crippen molar-refractivity contribution in [3.05, 3.63) is 5.82 Å². The Hall–Kier alpha value is -1.42. The van der Waals surface area contributed by atoms with E-state index >= 15 is 0 Å². The number of hydrogen-bond acceptors (Lipinski definition) is 6. The molecular weight excluding hydrogens is 249 g/mol. The zero-order valence-corrected chi connectivity index (χ0v) is 8.47. The lowest BCUT2D eigenvalue weighted by Crippen LogP contribution is -2.34. The number of primary amides is 1. The normalized spacial score (nSPS) is 13.5. The Morgan fingerprint density at radius 2 is 2.25 bits per heavy atom. The van der Waals surface area contributed by atoms with Crippen LogP contribution < -0.4 is 11.1 Å². The van der Waals surface area contributed by atoms with Gasteiger partial charge in [0.25, 0.3) is 0 Å². The van der Waals surface area contributed by atoms with Gasteiger partial charge in [0, 0.05) is 11.5 Å². The molecule has 1 unspecified atom stereocenters. The molecule has 4 N–H and O–H groups in total. The number of nitrogens with one attached hydrogen (secondary N) is 1. The number of aliphatic hydroxyl groups excluding tert-OH is 1. The maximum Gasteiger partial charge on any atom is 0.452 e. The second kappa shape index (κ2) is 4.61. The molecule has 0 fully saturated rings. The maximum atomic E-state index is 12.1. The molecule has 0 saturated heterocycles. The number of rotatable bonds is 4. The highest BCUT2D eigenvalue weighted by atomic mass is 32.1. The molecule has 1 heterocycles. The van der Waals surface area contributed by atoms with Gasteiger partial charge < -0.3 is 16.2 Å². The van der Waals surface area contributed by atoms with E-state index < -0.39 is 24.0 Å². The Morgan fingerprint density at radius 3 is 2.69 bits per heavy atom. The molecule has 0 spiro atoms. The van der Waals surface area contributed by atoms with Crippen LogP contribution >= 0.6 is 11.5 Å². The molecule has 0 bridgehead atoms. The van der Waals surface area contributed by atoms with Gasteiger partial charge in [-0.25, -0.2) is 0 Å². The number of alkyl halides is 3. The monoisotopic (exact) mass is 256 g/mol. The van der Waals surface area contributed by atoms with Crippen molar-refractivity contribution in [1.82, 2.24) is 9.36 Å². The lowest BCUT2D eigenvalue weighted by atomic mass is 10.3. The number of nitrogens with two attached hydrogens (primary N) is 1. The Bertz CT molecular complexity index is 380. The highest BCUT2D eigenvalue weighted by Gasteiger charge is 2.36. The summed E-state index contributed by atoms with van der Waals surface area (Å²) in [6, 6.07) is 0. The number of carbonyl (C=O) groups excluding carboxylic acids is 1. The predicted octanol–water partition coefficient (Wildman–Crippen LogP) is -0.185. The molecule has 1 atom stereocenters. The third-order valence-corrected chi connectivity index (χ3v) is 2.13. The number of carbonyl (C=O) groups is 1. The minimum absolute atomic E-state index is 0.146. The van der Waals surface area contributed by atoms with Gasteiger partial charge in [0.15, 0.2) is 0 Å². The SMILES string of the molecule is NC(=O)C(O)CNc1nc(C(F)(F)F)ns1. The Labute approximate surface area is 91.5 Å². The summed E-state index contributed by atoms with van der Waals surface area (Å²) in [7, 11) is 0. The van der Waals surface area contributed by atoms with E-state index in [9.17, 15) is 18.0 Å². The molecule has 1 rings (SSSR count). The molecule has 0 aliphatic rings. The fraction of sp³-hybridized carbons (Fsp3) is 0.500. The van der Waals surface area contributed by atoms with Gasteiger partial charge in [-0.05, 0) is 0 Å². The van der Waals surface area contributed by atoms with Crippen LogP contribution in [0.3, 0.4) is 0 Å². The first kappa shape index (κ1) is 12.6. The third-order valence-electron chi connectivity index (χ3n) is 1.45. The van der Waals surface area contributed by atoms with Crippen LogP contribution in [0.4, 0.5) is 18.3 Å². The summed E-state index contributed by atoms with van der Waals surface area (Å²) in [5, 5.41) is 11.1. The molecular formula is C6H7F3N4O2S. The molecule has 16 heavy (non-hydrogen) atoms. The van der Waals surface area contributed by atoms with E-state index in [1.807, 2.05) is 0 Å². The summed E-state index contributed by atoms with van der Waals surface area (Å²) in [6.07, 6.45) is -6.10. The van der Waals surface area contributed by atoms with Gasteiger partial charge in [0.2, 0.25) is 16.9 Å². The third kappa shape index (κ3) is 3.31. The number of aromatic nitrogens is 2. The van der Waals surface area contributed by atoms with Crippen molar-refractivity contribution >= 4 is 22.6 Å². The average molecular weight is 256 g/mol. The van der Waals surface area contributed by atoms with Crippen LogP contribution in [0.15, 0.2) is 0 Å².